The predicted octanol–water partition coefficient (Wildman–Crippen LogP) is 3.84. The van der Waals surface area contributed by atoms with Crippen molar-refractivity contribution in [1.82, 2.24) is 4.98 Å². The van der Waals surface area contributed by atoms with Crippen molar-refractivity contribution in [2.45, 2.75) is 0 Å². The van der Waals surface area contributed by atoms with Gasteiger partial charge in [0, 0.05) is 0 Å². The molecule has 130 valence electrons. The maximum absolute atomic E-state index is 12.0. The quantitative estimate of drug-likeness (QED) is 0.680. The van der Waals surface area contributed by atoms with Crippen LogP contribution in [0.3, 0.4) is 0 Å². The van der Waals surface area contributed by atoms with Crippen LogP contribution in [0.25, 0.3) is 22.0 Å². The number of hydrogen-bond donors (Lipinski definition) is 0. The van der Waals surface area contributed by atoms with Gasteiger partial charge in [0.2, 0.25) is 5.89 Å². The Morgan fingerprint density at radius 3 is 2.88 bits per heavy atom. The molecule has 0 unspecified atom stereocenters. The van der Waals surface area contributed by atoms with Crippen LogP contribution in [-0.2, 0) is 0 Å². The Balaban J connectivity index is 1.97. The van der Waals surface area contributed by atoms with Crippen LogP contribution in [0.5, 0.6) is 11.5 Å². The highest BCUT2D eigenvalue weighted by Gasteiger charge is 2.10. The van der Waals surface area contributed by atoms with Crippen LogP contribution in [0.1, 0.15) is 11.5 Å². The van der Waals surface area contributed by atoms with E-state index in [0.29, 0.717) is 28.0 Å². The van der Waals surface area contributed by atoms with E-state index in [2.05, 4.69) is 4.98 Å². The van der Waals surface area contributed by atoms with Crippen molar-refractivity contribution in [3.05, 3.63) is 64.3 Å². The zero-order valence-corrected chi connectivity index (χ0v) is 14.5. The van der Waals surface area contributed by atoms with Crippen LogP contribution in [0.2, 0.25) is 0 Å². The molecule has 0 saturated carbocycles. The SMILES string of the molecule is COc1cc(/C=C(\Cl)c2nc3ccccc3c(=O)o2)ccc1OCC#N. The largest absolute Gasteiger partial charge is 0.493 e. The molecule has 26 heavy (non-hydrogen) atoms. The highest BCUT2D eigenvalue weighted by molar-refractivity contribution is 6.50. The molecule has 3 aromatic rings. The van der Waals surface area contributed by atoms with Gasteiger partial charge in [-0.1, -0.05) is 29.8 Å². The lowest BCUT2D eigenvalue weighted by Gasteiger charge is -2.09. The van der Waals surface area contributed by atoms with Gasteiger partial charge in [-0.3, -0.25) is 0 Å². The summed E-state index contributed by atoms with van der Waals surface area (Å²) in [5.74, 6) is 0.920. The first-order valence-electron chi connectivity index (χ1n) is 7.57. The molecule has 0 saturated heterocycles. The van der Waals surface area contributed by atoms with E-state index in [-0.39, 0.29) is 17.5 Å². The van der Waals surface area contributed by atoms with Gasteiger partial charge in [-0.05, 0) is 35.9 Å². The first kappa shape index (κ1) is 17.5. The summed E-state index contributed by atoms with van der Waals surface area (Å²) in [7, 11) is 1.49. The second kappa shape index (κ2) is 7.72. The number of benzene rings is 2. The summed E-state index contributed by atoms with van der Waals surface area (Å²) in [4.78, 5) is 16.3. The lowest BCUT2D eigenvalue weighted by Crippen LogP contribution is -2.03. The number of rotatable bonds is 5. The van der Waals surface area contributed by atoms with Crippen molar-refractivity contribution in [2.24, 2.45) is 0 Å². The maximum Gasteiger partial charge on any atom is 0.347 e. The van der Waals surface area contributed by atoms with Gasteiger partial charge in [-0.15, -0.1) is 0 Å². The molecule has 7 heteroatoms. The molecule has 1 aromatic heterocycles. The molecule has 1 heterocycles. The molecule has 0 bridgehead atoms. The van der Waals surface area contributed by atoms with Gasteiger partial charge in [-0.2, -0.15) is 5.26 Å². The summed E-state index contributed by atoms with van der Waals surface area (Å²) in [6.07, 6.45) is 1.60. The van der Waals surface area contributed by atoms with E-state index in [0.717, 1.165) is 0 Å². The molecule has 0 fully saturated rings. The summed E-state index contributed by atoms with van der Waals surface area (Å²) in [5.41, 5.74) is 0.687. The topological polar surface area (TPSA) is 85.3 Å². The number of aromatic nitrogens is 1. The maximum atomic E-state index is 12.0. The standard InChI is InChI=1S/C19H13ClN2O4/c1-24-17-11-12(6-7-16(17)25-9-8-21)10-14(20)18-22-15-5-3-2-4-13(15)19(23)26-18/h2-7,10-11H,9H2,1H3/b14-10-. The average Bonchev–Trinajstić information content (AvgIpc) is 2.66. The van der Waals surface area contributed by atoms with Gasteiger partial charge in [0.05, 0.1) is 18.0 Å². The van der Waals surface area contributed by atoms with E-state index in [1.807, 2.05) is 6.07 Å². The minimum Gasteiger partial charge on any atom is -0.493 e. The van der Waals surface area contributed by atoms with E-state index >= 15 is 0 Å². The normalized spacial score (nSPS) is 11.2. The molecular formula is C19H13ClN2O4. The second-order valence-corrected chi connectivity index (χ2v) is 5.58. The number of nitriles is 1. The van der Waals surface area contributed by atoms with Gasteiger partial charge < -0.3 is 13.9 Å². The number of halogens is 1. The molecule has 3 rings (SSSR count). The number of fused-ring (bicyclic) bond motifs is 1. The van der Waals surface area contributed by atoms with Crippen LogP contribution in [0.4, 0.5) is 0 Å². The van der Waals surface area contributed by atoms with E-state index < -0.39 is 5.63 Å². The third kappa shape index (κ3) is 3.68. The first-order valence-corrected chi connectivity index (χ1v) is 7.95. The number of hydrogen-bond acceptors (Lipinski definition) is 6. The van der Waals surface area contributed by atoms with Crippen LogP contribution in [0.15, 0.2) is 51.7 Å². The summed E-state index contributed by atoms with van der Waals surface area (Å²) >= 11 is 6.28. The van der Waals surface area contributed by atoms with Crippen molar-refractivity contribution in [3.63, 3.8) is 0 Å². The van der Waals surface area contributed by atoms with Crippen LogP contribution >= 0.6 is 11.6 Å². The zero-order valence-electron chi connectivity index (χ0n) is 13.7. The molecule has 0 spiro atoms. The highest BCUT2D eigenvalue weighted by atomic mass is 35.5. The monoisotopic (exact) mass is 368 g/mol. The Morgan fingerprint density at radius 2 is 2.12 bits per heavy atom. The lowest BCUT2D eigenvalue weighted by molar-refractivity contribution is 0.329. The molecule has 0 aliphatic carbocycles. The molecule has 0 N–H and O–H groups in total. The first-order chi connectivity index (χ1) is 12.6. The minimum atomic E-state index is -0.505. The summed E-state index contributed by atoms with van der Waals surface area (Å²) in [6.45, 7) is -0.0849. The number of ether oxygens (including phenoxy) is 2. The fraction of sp³-hybridized carbons (Fsp3) is 0.105. The Labute approximate surface area is 153 Å². The van der Waals surface area contributed by atoms with E-state index in [1.165, 1.54) is 7.11 Å². The molecule has 0 radical (unpaired) electrons. The Kier molecular flexibility index (Phi) is 5.20. The van der Waals surface area contributed by atoms with E-state index in [1.54, 1.807) is 48.5 Å². The molecule has 0 atom stereocenters. The molecule has 0 aliphatic rings. The summed E-state index contributed by atoms with van der Waals surface area (Å²) in [5, 5.41) is 9.16. The lowest BCUT2D eigenvalue weighted by atomic mass is 10.2. The van der Waals surface area contributed by atoms with Gasteiger partial charge in [-0.25, -0.2) is 9.78 Å². The smallest absolute Gasteiger partial charge is 0.347 e. The number of para-hydroxylation sites is 1. The molecular weight excluding hydrogens is 356 g/mol. The second-order valence-electron chi connectivity index (χ2n) is 5.17. The van der Waals surface area contributed by atoms with Crippen molar-refractivity contribution in [2.75, 3.05) is 13.7 Å². The Morgan fingerprint density at radius 1 is 1.31 bits per heavy atom. The van der Waals surface area contributed by atoms with Gasteiger partial charge in [0.1, 0.15) is 11.1 Å². The summed E-state index contributed by atoms with van der Waals surface area (Å²) < 4.78 is 15.7. The van der Waals surface area contributed by atoms with Crippen molar-refractivity contribution < 1.29 is 13.9 Å². The van der Waals surface area contributed by atoms with Crippen LogP contribution in [-0.4, -0.2) is 18.7 Å². The fourth-order valence-corrected chi connectivity index (χ4v) is 2.54. The number of methoxy groups -OCH3 is 1. The third-order valence-electron chi connectivity index (χ3n) is 3.51. The van der Waals surface area contributed by atoms with Crippen molar-refractivity contribution >= 4 is 33.6 Å². The van der Waals surface area contributed by atoms with Gasteiger partial charge >= 0.3 is 5.63 Å². The van der Waals surface area contributed by atoms with Gasteiger partial charge in [0.15, 0.2) is 18.1 Å². The summed E-state index contributed by atoms with van der Waals surface area (Å²) in [6, 6.07) is 13.8. The van der Waals surface area contributed by atoms with E-state index in [4.69, 9.17) is 30.8 Å². The fourth-order valence-electron chi connectivity index (χ4n) is 2.33. The van der Waals surface area contributed by atoms with Crippen molar-refractivity contribution in [3.8, 4) is 17.6 Å². The molecule has 0 amide bonds. The van der Waals surface area contributed by atoms with E-state index in [9.17, 15) is 4.79 Å². The predicted molar refractivity (Wildman–Crippen MR) is 98.1 cm³/mol. The van der Waals surface area contributed by atoms with Crippen LogP contribution < -0.4 is 15.1 Å². The van der Waals surface area contributed by atoms with Gasteiger partial charge in [0.25, 0.3) is 0 Å². The highest BCUT2D eigenvalue weighted by Crippen LogP contribution is 2.30. The number of nitrogens with zero attached hydrogens (tertiary/aromatic N) is 2. The molecule has 2 aromatic carbocycles. The third-order valence-corrected chi connectivity index (χ3v) is 3.78. The van der Waals surface area contributed by atoms with Crippen molar-refractivity contribution in [1.29, 1.82) is 5.26 Å². The van der Waals surface area contributed by atoms with Crippen LogP contribution in [0, 0.1) is 11.3 Å². The Bertz CT molecular complexity index is 1080. The Hall–Kier alpha value is -3.30. The minimum absolute atomic E-state index is 0.0270. The molecule has 0 aliphatic heterocycles. The zero-order chi connectivity index (χ0) is 18.5. The molecule has 6 nitrogen and oxygen atoms in total. The average molecular weight is 369 g/mol.